The van der Waals surface area contributed by atoms with Crippen molar-refractivity contribution in [2.24, 2.45) is 0 Å². The molecule has 0 aliphatic heterocycles. The van der Waals surface area contributed by atoms with Crippen molar-refractivity contribution in [1.29, 1.82) is 5.26 Å². The number of rotatable bonds is 1. The number of nitrogens with zero attached hydrogens (tertiary/aromatic N) is 1. The smallest absolute Gasteiger partial charge is 0.0991 e. The van der Waals surface area contributed by atoms with E-state index in [1.54, 1.807) is 0 Å². The van der Waals surface area contributed by atoms with Gasteiger partial charge in [0.15, 0.2) is 0 Å². The number of aromatic nitrogens is 1. The molecule has 0 aliphatic carbocycles. The van der Waals surface area contributed by atoms with Gasteiger partial charge in [-0.3, -0.25) is 0 Å². The number of nitriles is 1. The van der Waals surface area contributed by atoms with Gasteiger partial charge in [0.2, 0.25) is 0 Å². The Hall–Kier alpha value is -1.28. The van der Waals surface area contributed by atoms with Gasteiger partial charge in [-0.1, -0.05) is 12.1 Å². The van der Waals surface area contributed by atoms with E-state index >= 15 is 0 Å². The molecule has 2 aromatic rings. The number of hydrogen-bond acceptors (Lipinski definition) is 1. The van der Waals surface area contributed by atoms with Gasteiger partial charge in [0.1, 0.15) is 0 Å². The van der Waals surface area contributed by atoms with Gasteiger partial charge in [0.05, 0.1) is 15.3 Å². The SMILES string of the molecule is Cc1cc(-c2ccc(C#N)cc2)c(I)[nH]1. The van der Waals surface area contributed by atoms with Crippen LogP contribution in [-0.2, 0) is 0 Å². The molecular formula is C12H9IN2. The lowest BCUT2D eigenvalue weighted by Crippen LogP contribution is -1.79. The molecule has 0 saturated heterocycles. The molecule has 0 atom stereocenters. The summed E-state index contributed by atoms with van der Waals surface area (Å²) < 4.78 is 1.13. The number of H-pyrrole nitrogens is 1. The minimum Gasteiger partial charge on any atom is -0.354 e. The Morgan fingerprint density at radius 1 is 1.27 bits per heavy atom. The summed E-state index contributed by atoms with van der Waals surface area (Å²) in [5, 5.41) is 8.70. The summed E-state index contributed by atoms with van der Waals surface area (Å²) in [5.41, 5.74) is 4.18. The molecule has 0 aliphatic rings. The second-order valence-corrected chi connectivity index (χ2v) is 4.45. The molecule has 0 amide bonds. The highest BCUT2D eigenvalue weighted by Crippen LogP contribution is 2.26. The van der Waals surface area contributed by atoms with E-state index in [9.17, 15) is 0 Å². The minimum atomic E-state index is 0.695. The fourth-order valence-corrected chi connectivity index (χ4v) is 2.38. The third-order valence-electron chi connectivity index (χ3n) is 2.23. The van der Waals surface area contributed by atoms with Gasteiger partial charge in [-0.05, 0) is 53.3 Å². The van der Waals surface area contributed by atoms with Crippen LogP contribution in [0.5, 0.6) is 0 Å². The topological polar surface area (TPSA) is 39.6 Å². The number of halogens is 1. The first-order valence-electron chi connectivity index (χ1n) is 4.56. The van der Waals surface area contributed by atoms with Gasteiger partial charge in [-0.2, -0.15) is 5.26 Å². The van der Waals surface area contributed by atoms with Crippen molar-refractivity contribution in [3.05, 3.63) is 45.3 Å². The summed E-state index contributed by atoms with van der Waals surface area (Å²) in [7, 11) is 0. The molecule has 0 bridgehead atoms. The molecule has 74 valence electrons. The van der Waals surface area contributed by atoms with E-state index in [0.29, 0.717) is 5.56 Å². The molecule has 0 spiro atoms. The van der Waals surface area contributed by atoms with Crippen molar-refractivity contribution in [2.75, 3.05) is 0 Å². The lowest BCUT2D eigenvalue weighted by Gasteiger charge is -1.98. The summed E-state index contributed by atoms with van der Waals surface area (Å²) in [5.74, 6) is 0. The maximum atomic E-state index is 8.70. The van der Waals surface area contributed by atoms with Gasteiger partial charge in [0, 0.05) is 11.3 Å². The van der Waals surface area contributed by atoms with Crippen molar-refractivity contribution >= 4 is 22.6 Å². The van der Waals surface area contributed by atoms with E-state index in [1.165, 1.54) is 5.56 Å². The lowest BCUT2D eigenvalue weighted by molar-refractivity contribution is 1.23. The molecule has 1 aromatic heterocycles. The van der Waals surface area contributed by atoms with Crippen LogP contribution in [0.4, 0.5) is 0 Å². The Kier molecular flexibility index (Phi) is 2.78. The summed E-state index contributed by atoms with van der Waals surface area (Å²) >= 11 is 2.28. The molecule has 1 N–H and O–H groups in total. The van der Waals surface area contributed by atoms with Crippen LogP contribution >= 0.6 is 22.6 Å². The van der Waals surface area contributed by atoms with Gasteiger partial charge in [-0.25, -0.2) is 0 Å². The van der Waals surface area contributed by atoms with Crippen molar-refractivity contribution < 1.29 is 0 Å². The first-order chi connectivity index (χ1) is 7.20. The number of benzene rings is 1. The second-order valence-electron chi connectivity index (χ2n) is 3.37. The highest BCUT2D eigenvalue weighted by molar-refractivity contribution is 14.1. The minimum absolute atomic E-state index is 0.695. The zero-order valence-electron chi connectivity index (χ0n) is 8.21. The Bertz CT molecular complexity index is 518. The number of nitrogens with one attached hydrogen (secondary N) is 1. The molecule has 0 radical (unpaired) electrons. The second kappa shape index (κ2) is 4.07. The largest absolute Gasteiger partial charge is 0.354 e. The quantitative estimate of drug-likeness (QED) is 0.805. The van der Waals surface area contributed by atoms with Crippen LogP contribution in [0.15, 0.2) is 30.3 Å². The van der Waals surface area contributed by atoms with Gasteiger partial charge in [0.25, 0.3) is 0 Å². The first kappa shape index (κ1) is 10.2. The Balaban J connectivity index is 2.46. The Morgan fingerprint density at radius 3 is 2.40 bits per heavy atom. The molecule has 1 heterocycles. The molecule has 2 nitrogen and oxygen atoms in total. The number of hydrogen-bond donors (Lipinski definition) is 1. The van der Waals surface area contributed by atoms with E-state index in [1.807, 2.05) is 31.2 Å². The average Bonchev–Trinajstić information content (AvgIpc) is 2.58. The van der Waals surface area contributed by atoms with Gasteiger partial charge >= 0.3 is 0 Å². The third-order valence-corrected chi connectivity index (χ3v) is 3.08. The van der Waals surface area contributed by atoms with Gasteiger partial charge < -0.3 is 4.98 Å². The van der Waals surface area contributed by atoms with Crippen LogP contribution in [0.25, 0.3) is 11.1 Å². The summed E-state index contributed by atoms with van der Waals surface area (Å²) in [6.07, 6.45) is 0. The summed E-state index contributed by atoms with van der Waals surface area (Å²) in [6.45, 7) is 2.04. The van der Waals surface area contributed by atoms with Crippen molar-refractivity contribution in [3.63, 3.8) is 0 Å². The molecule has 15 heavy (non-hydrogen) atoms. The Labute approximate surface area is 102 Å². The average molecular weight is 308 g/mol. The van der Waals surface area contributed by atoms with Crippen LogP contribution in [-0.4, -0.2) is 4.98 Å². The van der Waals surface area contributed by atoms with E-state index in [0.717, 1.165) is 15.0 Å². The number of aryl methyl sites for hydroxylation is 1. The predicted molar refractivity (Wildman–Crippen MR) is 68.4 cm³/mol. The van der Waals surface area contributed by atoms with Crippen LogP contribution in [0.2, 0.25) is 0 Å². The maximum absolute atomic E-state index is 8.70. The van der Waals surface area contributed by atoms with Crippen molar-refractivity contribution in [2.45, 2.75) is 6.92 Å². The van der Waals surface area contributed by atoms with E-state index in [-0.39, 0.29) is 0 Å². The van der Waals surface area contributed by atoms with Crippen molar-refractivity contribution in [3.8, 4) is 17.2 Å². The fourth-order valence-electron chi connectivity index (χ4n) is 1.49. The fraction of sp³-hybridized carbons (Fsp3) is 0.0833. The zero-order chi connectivity index (χ0) is 10.8. The molecule has 0 fully saturated rings. The van der Waals surface area contributed by atoms with Crippen LogP contribution in [0.3, 0.4) is 0 Å². The summed E-state index contributed by atoms with van der Waals surface area (Å²) in [4.78, 5) is 3.26. The number of aromatic amines is 1. The Morgan fingerprint density at radius 2 is 1.93 bits per heavy atom. The molecule has 3 heteroatoms. The van der Waals surface area contributed by atoms with E-state index in [4.69, 9.17) is 5.26 Å². The monoisotopic (exact) mass is 308 g/mol. The van der Waals surface area contributed by atoms with Crippen LogP contribution in [0.1, 0.15) is 11.3 Å². The normalized spacial score (nSPS) is 9.93. The highest BCUT2D eigenvalue weighted by Gasteiger charge is 2.05. The standard InChI is InChI=1S/C12H9IN2/c1-8-6-11(12(13)15-8)10-4-2-9(7-14)3-5-10/h2-6,15H,1H3. The molecular weight excluding hydrogens is 299 g/mol. The van der Waals surface area contributed by atoms with E-state index < -0.39 is 0 Å². The van der Waals surface area contributed by atoms with Crippen LogP contribution < -0.4 is 0 Å². The molecule has 1 aromatic carbocycles. The first-order valence-corrected chi connectivity index (χ1v) is 5.64. The van der Waals surface area contributed by atoms with Crippen LogP contribution in [0, 0.1) is 22.0 Å². The molecule has 2 rings (SSSR count). The van der Waals surface area contributed by atoms with E-state index in [2.05, 4.69) is 39.7 Å². The maximum Gasteiger partial charge on any atom is 0.0991 e. The zero-order valence-corrected chi connectivity index (χ0v) is 10.4. The molecule has 0 unspecified atom stereocenters. The predicted octanol–water partition coefficient (Wildman–Crippen LogP) is 3.47. The highest BCUT2D eigenvalue weighted by atomic mass is 127. The van der Waals surface area contributed by atoms with Crippen molar-refractivity contribution in [1.82, 2.24) is 4.98 Å². The summed E-state index contributed by atoms with van der Waals surface area (Å²) in [6, 6.07) is 11.9. The van der Waals surface area contributed by atoms with Gasteiger partial charge in [-0.15, -0.1) is 0 Å². The lowest BCUT2D eigenvalue weighted by atomic mass is 10.1. The molecule has 0 saturated carbocycles. The third kappa shape index (κ3) is 2.05.